The Balaban J connectivity index is 2.18. The molecule has 2 aromatic rings. The zero-order valence-electron chi connectivity index (χ0n) is 9.87. The first kappa shape index (κ1) is 13.9. The second-order valence-corrected chi connectivity index (χ2v) is 4.70. The number of nitrogens with one attached hydrogen (secondary N) is 1. The molecule has 0 spiro atoms. The summed E-state index contributed by atoms with van der Waals surface area (Å²) in [6.07, 6.45) is -2.97. The van der Waals surface area contributed by atoms with Gasteiger partial charge >= 0.3 is 6.18 Å². The van der Waals surface area contributed by atoms with E-state index in [9.17, 15) is 13.2 Å². The first-order valence-corrected chi connectivity index (χ1v) is 6.10. The van der Waals surface area contributed by atoms with Gasteiger partial charge in [-0.3, -0.25) is 4.68 Å². The minimum atomic E-state index is -4.36. The molecular weight excluding hydrogens is 325 g/mol. The summed E-state index contributed by atoms with van der Waals surface area (Å²) in [7, 11) is 1.71. The van der Waals surface area contributed by atoms with Crippen molar-refractivity contribution in [3.8, 4) is 0 Å². The highest BCUT2D eigenvalue weighted by Gasteiger charge is 2.30. The lowest BCUT2D eigenvalue weighted by molar-refractivity contribution is -0.137. The van der Waals surface area contributed by atoms with Gasteiger partial charge in [0.05, 0.1) is 12.1 Å². The monoisotopic (exact) mass is 334 g/mol. The molecule has 2 rings (SSSR count). The second kappa shape index (κ2) is 5.20. The minimum absolute atomic E-state index is 0.288. The van der Waals surface area contributed by atoms with Crippen molar-refractivity contribution in [3.63, 3.8) is 0 Å². The standard InChI is InChI=1S/C11H10BrF3N4/c1-19-10(17-6-18-19)5-16-9-4-7(11(13,14)15)2-3-8(9)12/h2-4,6,16H,5H2,1H3. The zero-order chi connectivity index (χ0) is 14.0. The third-order valence-electron chi connectivity index (χ3n) is 2.54. The van der Waals surface area contributed by atoms with Crippen molar-refractivity contribution in [2.45, 2.75) is 12.7 Å². The number of aromatic nitrogens is 3. The predicted octanol–water partition coefficient (Wildman–Crippen LogP) is 3.21. The first-order valence-electron chi connectivity index (χ1n) is 5.31. The van der Waals surface area contributed by atoms with Crippen LogP contribution in [-0.4, -0.2) is 14.8 Å². The van der Waals surface area contributed by atoms with Crippen molar-refractivity contribution in [2.75, 3.05) is 5.32 Å². The van der Waals surface area contributed by atoms with Crippen molar-refractivity contribution >= 4 is 21.6 Å². The number of hydrogen-bond acceptors (Lipinski definition) is 3. The first-order chi connectivity index (χ1) is 8.88. The molecule has 0 radical (unpaired) electrons. The number of benzene rings is 1. The molecule has 1 N–H and O–H groups in total. The number of anilines is 1. The Morgan fingerprint density at radius 3 is 2.68 bits per heavy atom. The summed E-state index contributed by atoms with van der Waals surface area (Å²) in [5.41, 5.74) is -0.339. The van der Waals surface area contributed by atoms with Crippen LogP contribution in [-0.2, 0) is 19.8 Å². The lowest BCUT2D eigenvalue weighted by Crippen LogP contribution is -2.09. The maximum absolute atomic E-state index is 12.6. The van der Waals surface area contributed by atoms with Gasteiger partial charge < -0.3 is 5.32 Å². The van der Waals surface area contributed by atoms with E-state index in [4.69, 9.17) is 0 Å². The van der Waals surface area contributed by atoms with E-state index in [0.717, 1.165) is 12.1 Å². The SMILES string of the molecule is Cn1ncnc1CNc1cc(C(F)(F)F)ccc1Br. The van der Waals surface area contributed by atoms with Gasteiger partial charge in [-0.2, -0.15) is 18.3 Å². The van der Waals surface area contributed by atoms with Gasteiger partial charge in [0, 0.05) is 17.2 Å². The van der Waals surface area contributed by atoms with Crippen LogP contribution in [0.4, 0.5) is 18.9 Å². The van der Waals surface area contributed by atoms with Gasteiger partial charge in [0.15, 0.2) is 0 Å². The van der Waals surface area contributed by atoms with Crippen LogP contribution in [0.25, 0.3) is 0 Å². The molecule has 102 valence electrons. The van der Waals surface area contributed by atoms with Crippen molar-refractivity contribution in [2.24, 2.45) is 7.05 Å². The molecule has 0 amide bonds. The van der Waals surface area contributed by atoms with E-state index in [-0.39, 0.29) is 6.54 Å². The van der Waals surface area contributed by atoms with E-state index in [0.29, 0.717) is 16.0 Å². The fourth-order valence-electron chi connectivity index (χ4n) is 1.49. The Kier molecular flexibility index (Phi) is 3.79. The van der Waals surface area contributed by atoms with Crippen LogP contribution in [0.2, 0.25) is 0 Å². The average molecular weight is 335 g/mol. The predicted molar refractivity (Wildman–Crippen MR) is 67.5 cm³/mol. The molecule has 1 heterocycles. The van der Waals surface area contributed by atoms with Crippen LogP contribution >= 0.6 is 15.9 Å². The Morgan fingerprint density at radius 1 is 1.37 bits per heavy atom. The number of aryl methyl sites for hydroxylation is 1. The summed E-state index contributed by atoms with van der Waals surface area (Å²) >= 11 is 3.21. The molecule has 0 atom stereocenters. The van der Waals surface area contributed by atoms with Crippen molar-refractivity contribution in [3.05, 3.63) is 40.4 Å². The summed E-state index contributed by atoms with van der Waals surface area (Å²) in [5, 5.41) is 6.78. The van der Waals surface area contributed by atoms with E-state index < -0.39 is 11.7 Å². The van der Waals surface area contributed by atoms with Crippen molar-refractivity contribution in [1.29, 1.82) is 0 Å². The van der Waals surface area contributed by atoms with E-state index in [1.807, 2.05) is 0 Å². The third-order valence-corrected chi connectivity index (χ3v) is 3.23. The molecule has 0 saturated carbocycles. The summed E-state index contributed by atoms with van der Waals surface area (Å²) < 4.78 is 39.9. The molecule has 8 heteroatoms. The van der Waals surface area contributed by atoms with Crippen LogP contribution in [0.3, 0.4) is 0 Å². The van der Waals surface area contributed by atoms with E-state index in [2.05, 4.69) is 31.3 Å². The second-order valence-electron chi connectivity index (χ2n) is 3.85. The zero-order valence-corrected chi connectivity index (χ0v) is 11.5. The maximum atomic E-state index is 12.6. The van der Waals surface area contributed by atoms with Gasteiger partial charge in [-0.05, 0) is 34.1 Å². The highest BCUT2D eigenvalue weighted by molar-refractivity contribution is 9.10. The van der Waals surface area contributed by atoms with E-state index >= 15 is 0 Å². The number of rotatable bonds is 3. The molecule has 0 unspecified atom stereocenters. The van der Waals surface area contributed by atoms with Gasteiger partial charge in [0.25, 0.3) is 0 Å². The average Bonchev–Trinajstić information content (AvgIpc) is 2.72. The van der Waals surface area contributed by atoms with Gasteiger partial charge in [-0.1, -0.05) is 0 Å². The summed E-state index contributed by atoms with van der Waals surface area (Å²) in [6.45, 7) is 0.288. The van der Waals surface area contributed by atoms with Crippen LogP contribution in [0.5, 0.6) is 0 Å². The third kappa shape index (κ3) is 3.25. The number of halogens is 4. The largest absolute Gasteiger partial charge is 0.416 e. The Morgan fingerprint density at radius 2 is 2.11 bits per heavy atom. The molecule has 1 aromatic carbocycles. The van der Waals surface area contributed by atoms with Gasteiger partial charge in [0.2, 0.25) is 0 Å². The van der Waals surface area contributed by atoms with Crippen LogP contribution in [0, 0.1) is 0 Å². The van der Waals surface area contributed by atoms with Crippen LogP contribution in [0.15, 0.2) is 29.0 Å². The Bertz CT molecular complexity index is 580. The normalized spacial score (nSPS) is 11.6. The highest BCUT2D eigenvalue weighted by Crippen LogP contribution is 2.34. The Hall–Kier alpha value is -1.57. The van der Waals surface area contributed by atoms with Crippen molar-refractivity contribution in [1.82, 2.24) is 14.8 Å². The van der Waals surface area contributed by atoms with Gasteiger partial charge in [0.1, 0.15) is 12.2 Å². The molecule has 0 bridgehead atoms. The van der Waals surface area contributed by atoms with Crippen molar-refractivity contribution < 1.29 is 13.2 Å². The molecule has 0 fully saturated rings. The summed E-state index contributed by atoms with van der Waals surface area (Å²) in [5.74, 6) is 0.629. The highest BCUT2D eigenvalue weighted by atomic mass is 79.9. The smallest absolute Gasteiger partial charge is 0.377 e. The molecule has 1 aromatic heterocycles. The van der Waals surface area contributed by atoms with E-state index in [1.165, 1.54) is 12.4 Å². The molecular formula is C11H10BrF3N4. The van der Waals surface area contributed by atoms with Gasteiger partial charge in [-0.15, -0.1) is 0 Å². The molecule has 0 saturated heterocycles. The number of hydrogen-bond donors (Lipinski definition) is 1. The summed E-state index contributed by atoms with van der Waals surface area (Å²) in [4.78, 5) is 3.98. The molecule has 0 aliphatic carbocycles. The molecule has 4 nitrogen and oxygen atoms in total. The number of nitrogens with zero attached hydrogens (tertiary/aromatic N) is 3. The molecule has 0 aliphatic heterocycles. The lowest BCUT2D eigenvalue weighted by atomic mass is 10.2. The summed E-state index contributed by atoms with van der Waals surface area (Å²) in [6, 6.07) is 3.44. The molecule has 0 aliphatic rings. The fraction of sp³-hybridized carbons (Fsp3) is 0.273. The topological polar surface area (TPSA) is 42.7 Å². The fourth-order valence-corrected chi connectivity index (χ4v) is 1.88. The molecule has 19 heavy (non-hydrogen) atoms. The van der Waals surface area contributed by atoms with E-state index in [1.54, 1.807) is 11.7 Å². The lowest BCUT2D eigenvalue weighted by Gasteiger charge is -2.12. The minimum Gasteiger partial charge on any atom is -0.377 e. The quantitative estimate of drug-likeness (QED) is 0.937. The maximum Gasteiger partial charge on any atom is 0.416 e. The van der Waals surface area contributed by atoms with Crippen LogP contribution < -0.4 is 5.32 Å². The Labute approximate surface area is 115 Å². The number of alkyl halides is 3. The van der Waals surface area contributed by atoms with Crippen LogP contribution in [0.1, 0.15) is 11.4 Å². The van der Waals surface area contributed by atoms with Gasteiger partial charge in [-0.25, -0.2) is 4.98 Å².